The van der Waals surface area contributed by atoms with Crippen molar-refractivity contribution < 1.29 is 14.3 Å². The molecule has 0 aliphatic rings. The lowest BCUT2D eigenvalue weighted by Gasteiger charge is -2.08. The number of hydrogen-bond acceptors (Lipinski definition) is 10. The van der Waals surface area contributed by atoms with Gasteiger partial charge in [0.2, 0.25) is 11.0 Å². The van der Waals surface area contributed by atoms with Crippen molar-refractivity contribution in [3.63, 3.8) is 0 Å². The monoisotopic (exact) mass is 499 g/mol. The molecule has 2 heterocycles. The molecule has 11 heteroatoms. The highest BCUT2D eigenvalue weighted by molar-refractivity contribution is 8.00. The molecule has 4 rings (SSSR count). The van der Waals surface area contributed by atoms with Crippen LogP contribution in [0.2, 0.25) is 0 Å². The van der Waals surface area contributed by atoms with Gasteiger partial charge >= 0.3 is 0 Å². The molecule has 0 saturated carbocycles. The molecule has 0 saturated heterocycles. The minimum Gasteiger partial charge on any atom is -0.493 e. The number of methoxy groups -OCH3 is 2. The van der Waals surface area contributed by atoms with Crippen molar-refractivity contribution in [1.82, 2.24) is 15.2 Å². The largest absolute Gasteiger partial charge is 0.493 e. The molecule has 0 spiro atoms. The Bertz CT molecular complexity index is 1260. The average molecular weight is 500 g/mol. The molecule has 8 nitrogen and oxygen atoms in total. The van der Waals surface area contributed by atoms with Gasteiger partial charge in [-0.1, -0.05) is 29.2 Å². The highest BCUT2D eigenvalue weighted by Gasteiger charge is 2.11. The van der Waals surface area contributed by atoms with Crippen LogP contribution in [0.5, 0.6) is 11.5 Å². The highest BCUT2D eigenvalue weighted by Crippen LogP contribution is 2.35. The highest BCUT2D eigenvalue weighted by atomic mass is 32.2. The normalized spacial score (nSPS) is 10.6. The summed E-state index contributed by atoms with van der Waals surface area (Å²) in [5.41, 5.74) is 3.51. The molecule has 0 unspecified atom stereocenters. The predicted octanol–water partition coefficient (Wildman–Crippen LogP) is 5.67. The van der Waals surface area contributed by atoms with Gasteiger partial charge in [-0.05, 0) is 36.4 Å². The molecule has 2 aromatic carbocycles. The minimum absolute atomic E-state index is 0.113. The summed E-state index contributed by atoms with van der Waals surface area (Å²) in [4.78, 5) is 16.0. The first-order chi connectivity index (χ1) is 16.0. The predicted molar refractivity (Wildman–Crippen MR) is 134 cm³/mol. The van der Waals surface area contributed by atoms with E-state index < -0.39 is 0 Å². The van der Waals surface area contributed by atoms with Crippen molar-refractivity contribution >= 4 is 56.8 Å². The van der Waals surface area contributed by atoms with E-state index in [1.165, 1.54) is 18.3 Å². The Labute approximate surface area is 203 Å². The maximum atomic E-state index is 11.2. The second kappa shape index (κ2) is 10.6. The van der Waals surface area contributed by atoms with Crippen LogP contribution >= 0.6 is 34.4 Å². The molecule has 2 N–H and O–H groups in total. The maximum Gasteiger partial charge on any atom is 0.221 e. The number of anilines is 3. The Morgan fingerprint density at radius 1 is 1.06 bits per heavy atom. The Hall–Kier alpha value is -3.15. The molecule has 1 amide bonds. The SMILES string of the molecule is COc1ccc(-c2nc(CSc3nnc(Nc4cccc(NC(C)=O)c4)s3)cs2)cc1OC. The molecular formula is C22H21N5O3S3. The molecule has 4 aromatic rings. The first-order valence-corrected chi connectivity index (χ1v) is 12.5. The molecule has 0 atom stereocenters. The van der Waals surface area contributed by atoms with Crippen LogP contribution in [0.25, 0.3) is 10.6 Å². The van der Waals surface area contributed by atoms with Crippen LogP contribution < -0.4 is 20.1 Å². The van der Waals surface area contributed by atoms with Crippen molar-refractivity contribution in [3.05, 3.63) is 53.5 Å². The quantitative estimate of drug-likeness (QED) is 0.284. The number of rotatable bonds is 9. The van der Waals surface area contributed by atoms with Crippen LogP contribution in [-0.4, -0.2) is 35.3 Å². The zero-order valence-electron chi connectivity index (χ0n) is 18.1. The van der Waals surface area contributed by atoms with Gasteiger partial charge in [0.25, 0.3) is 0 Å². The van der Waals surface area contributed by atoms with E-state index in [2.05, 4.69) is 20.8 Å². The second-order valence-corrected chi connectivity index (χ2v) is 9.82. The first-order valence-electron chi connectivity index (χ1n) is 9.82. The number of thiazole rings is 1. The summed E-state index contributed by atoms with van der Waals surface area (Å²) in [6.07, 6.45) is 0. The Kier molecular flexibility index (Phi) is 7.43. The van der Waals surface area contributed by atoms with Crippen LogP contribution in [-0.2, 0) is 10.5 Å². The van der Waals surface area contributed by atoms with E-state index in [0.717, 1.165) is 32.0 Å². The van der Waals surface area contributed by atoms with E-state index in [4.69, 9.17) is 14.5 Å². The van der Waals surface area contributed by atoms with E-state index >= 15 is 0 Å². The summed E-state index contributed by atoms with van der Waals surface area (Å²) in [5, 5.41) is 18.1. The fraction of sp³-hybridized carbons (Fsp3) is 0.182. The van der Waals surface area contributed by atoms with E-state index in [1.807, 2.05) is 47.8 Å². The number of carbonyl (C=O) groups excluding carboxylic acids is 1. The number of thioether (sulfide) groups is 1. The molecule has 33 heavy (non-hydrogen) atoms. The van der Waals surface area contributed by atoms with Crippen molar-refractivity contribution in [1.29, 1.82) is 0 Å². The summed E-state index contributed by atoms with van der Waals surface area (Å²) in [7, 11) is 3.24. The summed E-state index contributed by atoms with van der Waals surface area (Å²) in [6.45, 7) is 1.48. The lowest BCUT2D eigenvalue weighted by atomic mass is 10.2. The molecular weight excluding hydrogens is 478 g/mol. The third kappa shape index (κ3) is 6.01. The fourth-order valence-corrected chi connectivity index (χ4v) is 5.52. The van der Waals surface area contributed by atoms with Crippen LogP contribution in [0.15, 0.2) is 52.2 Å². The molecule has 0 radical (unpaired) electrons. The third-order valence-electron chi connectivity index (χ3n) is 4.37. The summed E-state index contributed by atoms with van der Waals surface area (Å²) >= 11 is 4.64. The topological polar surface area (TPSA) is 98.3 Å². The van der Waals surface area contributed by atoms with Crippen molar-refractivity contribution in [3.8, 4) is 22.1 Å². The maximum absolute atomic E-state index is 11.2. The van der Waals surface area contributed by atoms with Gasteiger partial charge in [0.15, 0.2) is 15.8 Å². The molecule has 2 aromatic heterocycles. The Morgan fingerprint density at radius 2 is 1.88 bits per heavy atom. The Balaban J connectivity index is 1.37. The van der Waals surface area contributed by atoms with E-state index in [1.54, 1.807) is 37.3 Å². The number of ether oxygens (including phenoxy) is 2. The van der Waals surface area contributed by atoms with Gasteiger partial charge in [-0.25, -0.2) is 4.98 Å². The van der Waals surface area contributed by atoms with Crippen molar-refractivity contribution in [2.75, 3.05) is 24.9 Å². The van der Waals surface area contributed by atoms with Crippen LogP contribution in [0.3, 0.4) is 0 Å². The smallest absolute Gasteiger partial charge is 0.221 e. The third-order valence-corrected chi connectivity index (χ3v) is 7.31. The van der Waals surface area contributed by atoms with Gasteiger partial charge in [-0.2, -0.15) is 0 Å². The lowest BCUT2D eigenvalue weighted by Crippen LogP contribution is -2.05. The molecule has 0 aliphatic heterocycles. The van der Waals surface area contributed by atoms with Crippen LogP contribution in [0.4, 0.5) is 16.5 Å². The number of amides is 1. The zero-order valence-corrected chi connectivity index (χ0v) is 20.6. The number of nitrogens with zero attached hydrogens (tertiary/aromatic N) is 3. The number of carbonyl (C=O) groups is 1. The molecule has 0 aliphatic carbocycles. The first kappa shape index (κ1) is 23.0. The van der Waals surface area contributed by atoms with Gasteiger partial charge in [0.1, 0.15) is 5.01 Å². The van der Waals surface area contributed by atoms with Gasteiger partial charge in [-0.15, -0.1) is 21.5 Å². The number of aromatic nitrogens is 3. The van der Waals surface area contributed by atoms with Gasteiger partial charge in [-0.3, -0.25) is 4.79 Å². The van der Waals surface area contributed by atoms with Crippen LogP contribution in [0, 0.1) is 0 Å². The van der Waals surface area contributed by atoms with Crippen molar-refractivity contribution in [2.45, 2.75) is 17.0 Å². The summed E-state index contributed by atoms with van der Waals surface area (Å²) < 4.78 is 11.5. The minimum atomic E-state index is -0.113. The van der Waals surface area contributed by atoms with E-state index in [9.17, 15) is 4.79 Å². The molecule has 170 valence electrons. The zero-order chi connectivity index (χ0) is 23.2. The van der Waals surface area contributed by atoms with Crippen molar-refractivity contribution in [2.24, 2.45) is 0 Å². The number of benzene rings is 2. The van der Waals surface area contributed by atoms with Crippen LogP contribution in [0.1, 0.15) is 12.6 Å². The summed E-state index contributed by atoms with van der Waals surface area (Å²) in [6, 6.07) is 13.2. The van der Waals surface area contributed by atoms with E-state index in [-0.39, 0.29) is 5.91 Å². The fourth-order valence-electron chi connectivity index (χ4n) is 2.93. The summed E-state index contributed by atoms with van der Waals surface area (Å²) in [5.74, 6) is 1.95. The average Bonchev–Trinajstić information content (AvgIpc) is 3.46. The molecule has 0 bridgehead atoms. The number of nitrogens with one attached hydrogen (secondary N) is 2. The number of hydrogen-bond donors (Lipinski definition) is 2. The standard InChI is InChI=1S/C22H21N5O3S3/c1-13(28)23-15-5-4-6-16(10-15)25-21-26-27-22(33-21)32-12-17-11-31-20(24-17)14-7-8-18(29-2)19(9-14)30-3/h4-11H,12H2,1-3H3,(H,23,28)(H,25,26). The second-order valence-electron chi connectivity index (χ2n) is 6.76. The van der Waals surface area contributed by atoms with E-state index in [0.29, 0.717) is 22.4 Å². The van der Waals surface area contributed by atoms with Gasteiger partial charge < -0.3 is 20.1 Å². The lowest BCUT2D eigenvalue weighted by molar-refractivity contribution is -0.114. The van der Waals surface area contributed by atoms with Gasteiger partial charge in [0.05, 0.1) is 19.9 Å². The van der Waals surface area contributed by atoms with Gasteiger partial charge in [0, 0.05) is 35.0 Å². The Morgan fingerprint density at radius 3 is 2.67 bits per heavy atom. The molecule has 0 fully saturated rings.